The van der Waals surface area contributed by atoms with Crippen molar-refractivity contribution in [1.82, 2.24) is 5.32 Å². The first kappa shape index (κ1) is 22.3. The lowest BCUT2D eigenvalue weighted by molar-refractivity contribution is -0.116. The van der Waals surface area contributed by atoms with Gasteiger partial charge in [-0.15, -0.1) is 0 Å². The van der Waals surface area contributed by atoms with E-state index >= 15 is 0 Å². The number of rotatable bonds is 9. The Balaban J connectivity index is 2.04. The second kappa shape index (κ2) is 10.5. The zero-order valence-electron chi connectivity index (χ0n) is 18.0. The SMILES string of the molecule is CCN(CC)c1ccc(N(CCNC(=O)c2ccc(OC)cc2)C(C)=O)c(C)c1. The Kier molecular flexibility index (Phi) is 8.07. The molecule has 0 saturated carbocycles. The maximum Gasteiger partial charge on any atom is 0.251 e. The zero-order valence-corrected chi connectivity index (χ0v) is 18.0. The topological polar surface area (TPSA) is 61.9 Å². The summed E-state index contributed by atoms with van der Waals surface area (Å²) in [6, 6.07) is 13.1. The molecule has 2 rings (SSSR count). The number of carbonyl (C=O) groups excluding carboxylic acids is 2. The van der Waals surface area contributed by atoms with Crippen LogP contribution >= 0.6 is 0 Å². The van der Waals surface area contributed by atoms with Crippen molar-refractivity contribution in [3.63, 3.8) is 0 Å². The van der Waals surface area contributed by atoms with Crippen LogP contribution in [-0.4, -0.2) is 45.1 Å². The van der Waals surface area contributed by atoms with Gasteiger partial charge in [0.25, 0.3) is 5.91 Å². The fourth-order valence-electron chi connectivity index (χ4n) is 3.30. The Labute approximate surface area is 173 Å². The number of carbonyl (C=O) groups is 2. The summed E-state index contributed by atoms with van der Waals surface area (Å²) < 4.78 is 5.11. The monoisotopic (exact) mass is 397 g/mol. The molecule has 0 spiro atoms. The summed E-state index contributed by atoms with van der Waals surface area (Å²) >= 11 is 0. The van der Waals surface area contributed by atoms with Gasteiger partial charge in [-0.1, -0.05) is 0 Å². The van der Waals surface area contributed by atoms with Gasteiger partial charge in [-0.25, -0.2) is 0 Å². The summed E-state index contributed by atoms with van der Waals surface area (Å²) in [5, 5.41) is 2.88. The number of hydrogen-bond donors (Lipinski definition) is 1. The standard InChI is InChI=1S/C23H31N3O3/c1-6-25(7-2)20-10-13-22(17(3)16-20)26(18(4)27)15-14-24-23(28)19-8-11-21(29-5)12-9-19/h8-13,16H,6-7,14-15H2,1-5H3,(H,24,28). The molecule has 156 valence electrons. The number of hydrogen-bond acceptors (Lipinski definition) is 4. The van der Waals surface area contributed by atoms with E-state index in [9.17, 15) is 9.59 Å². The number of nitrogens with zero attached hydrogens (tertiary/aromatic N) is 2. The quantitative estimate of drug-likeness (QED) is 0.702. The van der Waals surface area contributed by atoms with Crippen molar-refractivity contribution >= 4 is 23.2 Å². The minimum atomic E-state index is -0.176. The molecule has 0 aliphatic rings. The number of nitrogens with one attached hydrogen (secondary N) is 1. The second-order valence-electron chi connectivity index (χ2n) is 6.80. The van der Waals surface area contributed by atoms with Crippen molar-refractivity contribution < 1.29 is 14.3 Å². The Bertz CT molecular complexity index is 830. The molecule has 2 amide bonds. The van der Waals surface area contributed by atoms with Crippen LogP contribution in [0, 0.1) is 6.92 Å². The van der Waals surface area contributed by atoms with Crippen LogP contribution in [0.25, 0.3) is 0 Å². The molecule has 0 bridgehead atoms. The smallest absolute Gasteiger partial charge is 0.251 e. The fourth-order valence-corrected chi connectivity index (χ4v) is 3.30. The van der Waals surface area contributed by atoms with Crippen LogP contribution in [0.2, 0.25) is 0 Å². The van der Waals surface area contributed by atoms with Gasteiger partial charge in [0, 0.05) is 50.0 Å². The Morgan fingerprint density at radius 3 is 2.21 bits per heavy atom. The summed E-state index contributed by atoms with van der Waals surface area (Å²) in [6.07, 6.45) is 0. The number of methoxy groups -OCH3 is 1. The number of anilines is 2. The van der Waals surface area contributed by atoms with E-state index in [4.69, 9.17) is 4.74 Å². The molecule has 0 fully saturated rings. The lowest BCUT2D eigenvalue weighted by atomic mass is 10.1. The Hall–Kier alpha value is -3.02. The fraction of sp³-hybridized carbons (Fsp3) is 0.391. The summed E-state index contributed by atoms with van der Waals surface area (Å²) in [5.41, 5.74) is 3.60. The molecule has 0 aromatic heterocycles. The third-order valence-corrected chi connectivity index (χ3v) is 4.95. The predicted molar refractivity (Wildman–Crippen MR) is 118 cm³/mol. The molecule has 0 heterocycles. The van der Waals surface area contributed by atoms with Gasteiger partial charge < -0.3 is 19.9 Å². The van der Waals surface area contributed by atoms with Crippen molar-refractivity contribution in [2.75, 3.05) is 43.1 Å². The van der Waals surface area contributed by atoms with E-state index in [0.29, 0.717) is 24.4 Å². The highest BCUT2D eigenvalue weighted by Gasteiger charge is 2.15. The van der Waals surface area contributed by atoms with Gasteiger partial charge in [0.15, 0.2) is 0 Å². The molecule has 6 heteroatoms. The Morgan fingerprint density at radius 2 is 1.69 bits per heavy atom. The largest absolute Gasteiger partial charge is 0.497 e. The molecule has 2 aromatic rings. The van der Waals surface area contributed by atoms with Gasteiger partial charge in [0.05, 0.1) is 7.11 Å². The van der Waals surface area contributed by atoms with E-state index in [-0.39, 0.29) is 11.8 Å². The lowest BCUT2D eigenvalue weighted by Gasteiger charge is -2.26. The molecule has 29 heavy (non-hydrogen) atoms. The van der Waals surface area contributed by atoms with Gasteiger partial charge in [0.2, 0.25) is 5.91 Å². The zero-order chi connectivity index (χ0) is 21.4. The third-order valence-electron chi connectivity index (χ3n) is 4.95. The average Bonchev–Trinajstić information content (AvgIpc) is 2.72. The van der Waals surface area contributed by atoms with E-state index in [2.05, 4.69) is 30.1 Å². The van der Waals surface area contributed by atoms with Crippen LogP contribution in [0.1, 0.15) is 36.7 Å². The second-order valence-corrected chi connectivity index (χ2v) is 6.80. The molecule has 0 unspecified atom stereocenters. The number of benzene rings is 2. The van der Waals surface area contributed by atoms with Crippen LogP contribution < -0.4 is 19.9 Å². The molecular weight excluding hydrogens is 366 g/mol. The van der Waals surface area contributed by atoms with Gasteiger partial charge in [-0.3, -0.25) is 9.59 Å². The van der Waals surface area contributed by atoms with E-state index in [1.165, 1.54) is 0 Å². The first-order valence-electron chi connectivity index (χ1n) is 9.97. The minimum Gasteiger partial charge on any atom is -0.497 e. The molecule has 0 aliphatic carbocycles. The molecule has 1 N–H and O–H groups in total. The predicted octanol–water partition coefficient (Wildman–Crippen LogP) is 3.63. The maximum absolute atomic E-state index is 12.3. The number of ether oxygens (including phenoxy) is 1. The molecular formula is C23H31N3O3. The molecule has 0 atom stereocenters. The summed E-state index contributed by atoms with van der Waals surface area (Å²) in [4.78, 5) is 28.5. The van der Waals surface area contributed by atoms with Crippen LogP contribution in [0.4, 0.5) is 11.4 Å². The van der Waals surface area contributed by atoms with Gasteiger partial charge in [-0.05, 0) is 68.8 Å². The van der Waals surface area contributed by atoms with Crippen LogP contribution in [-0.2, 0) is 4.79 Å². The van der Waals surface area contributed by atoms with Crippen LogP contribution in [0.3, 0.4) is 0 Å². The summed E-state index contributed by atoms with van der Waals surface area (Å²) in [6.45, 7) is 10.4. The van der Waals surface area contributed by atoms with Gasteiger partial charge in [-0.2, -0.15) is 0 Å². The first-order chi connectivity index (χ1) is 13.9. The van der Waals surface area contributed by atoms with E-state index in [0.717, 1.165) is 30.0 Å². The van der Waals surface area contributed by atoms with Crippen LogP contribution in [0.15, 0.2) is 42.5 Å². The van der Waals surface area contributed by atoms with Crippen molar-refractivity contribution in [1.29, 1.82) is 0 Å². The van der Waals surface area contributed by atoms with E-state index in [1.807, 2.05) is 19.1 Å². The molecule has 2 aromatic carbocycles. The van der Waals surface area contributed by atoms with Crippen molar-refractivity contribution in [3.8, 4) is 5.75 Å². The summed E-state index contributed by atoms with van der Waals surface area (Å²) in [7, 11) is 1.59. The van der Waals surface area contributed by atoms with Crippen molar-refractivity contribution in [2.45, 2.75) is 27.7 Å². The highest BCUT2D eigenvalue weighted by Crippen LogP contribution is 2.26. The van der Waals surface area contributed by atoms with E-state index < -0.39 is 0 Å². The van der Waals surface area contributed by atoms with Crippen molar-refractivity contribution in [2.24, 2.45) is 0 Å². The van der Waals surface area contributed by atoms with Crippen LogP contribution in [0.5, 0.6) is 5.75 Å². The maximum atomic E-state index is 12.3. The first-order valence-corrected chi connectivity index (χ1v) is 9.97. The molecule has 6 nitrogen and oxygen atoms in total. The normalized spacial score (nSPS) is 10.4. The molecule has 0 radical (unpaired) electrons. The van der Waals surface area contributed by atoms with E-state index in [1.54, 1.807) is 43.2 Å². The highest BCUT2D eigenvalue weighted by atomic mass is 16.5. The number of aryl methyl sites for hydroxylation is 1. The lowest BCUT2D eigenvalue weighted by Crippen LogP contribution is -2.38. The summed E-state index contributed by atoms with van der Waals surface area (Å²) in [5.74, 6) is 0.472. The van der Waals surface area contributed by atoms with Gasteiger partial charge in [0.1, 0.15) is 5.75 Å². The average molecular weight is 398 g/mol. The van der Waals surface area contributed by atoms with Crippen molar-refractivity contribution in [3.05, 3.63) is 53.6 Å². The number of amides is 2. The molecule has 0 saturated heterocycles. The molecule has 0 aliphatic heterocycles. The van der Waals surface area contributed by atoms with Gasteiger partial charge >= 0.3 is 0 Å². The Morgan fingerprint density at radius 1 is 1.03 bits per heavy atom. The third kappa shape index (κ3) is 5.73. The minimum absolute atomic E-state index is 0.0533. The highest BCUT2D eigenvalue weighted by molar-refractivity contribution is 5.95.